The molecule has 0 N–H and O–H groups in total. The summed E-state index contributed by atoms with van der Waals surface area (Å²) in [6, 6.07) is 25.9. The van der Waals surface area contributed by atoms with E-state index in [1.807, 2.05) is 32.9 Å². The first-order chi connectivity index (χ1) is 16.8. The molecular formula is C31H33NO3. The third-order valence-corrected chi connectivity index (χ3v) is 6.54. The molecule has 0 saturated carbocycles. The lowest BCUT2D eigenvalue weighted by Crippen LogP contribution is -2.57. The van der Waals surface area contributed by atoms with Gasteiger partial charge in [0.15, 0.2) is 0 Å². The summed E-state index contributed by atoms with van der Waals surface area (Å²) in [6.07, 6.45) is 1.79. The van der Waals surface area contributed by atoms with Crippen molar-refractivity contribution in [1.29, 1.82) is 0 Å². The average Bonchev–Trinajstić information content (AvgIpc) is 2.80. The van der Waals surface area contributed by atoms with Gasteiger partial charge in [0.25, 0.3) is 0 Å². The fourth-order valence-corrected chi connectivity index (χ4v) is 4.86. The maximum Gasteiger partial charge on any atom is 0.410 e. The van der Waals surface area contributed by atoms with Crippen LogP contribution in [0.25, 0.3) is 11.1 Å². The Bertz CT molecular complexity index is 1250. The highest BCUT2D eigenvalue weighted by atomic mass is 16.6. The van der Waals surface area contributed by atoms with Crippen molar-refractivity contribution in [2.45, 2.75) is 52.2 Å². The standard InChI is InChI=1S/C31H33NO3/c1-21-10-16-28-24(18-21)13-17-27(22-8-6-5-7-9-22)29(28)23-11-14-25(15-12-23)34-26-19-32(20-26)30(33)35-31(2,3)4/h5-12,14-16,18,26H,13,17,19-20H2,1-4H3. The van der Waals surface area contributed by atoms with Gasteiger partial charge < -0.3 is 14.4 Å². The number of carbonyl (C=O) groups excluding carboxylic acids is 1. The fourth-order valence-electron chi connectivity index (χ4n) is 4.86. The second-order valence-electron chi connectivity index (χ2n) is 10.5. The smallest absolute Gasteiger partial charge is 0.410 e. The lowest BCUT2D eigenvalue weighted by atomic mass is 9.79. The zero-order valence-electron chi connectivity index (χ0n) is 21.0. The number of carbonyl (C=O) groups is 1. The summed E-state index contributed by atoms with van der Waals surface area (Å²) in [5, 5.41) is 0. The Hall–Kier alpha value is -3.53. The maximum atomic E-state index is 12.2. The van der Waals surface area contributed by atoms with Gasteiger partial charge in [0.05, 0.1) is 13.1 Å². The van der Waals surface area contributed by atoms with Crippen molar-refractivity contribution in [3.8, 4) is 5.75 Å². The Morgan fingerprint density at radius 1 is 0.886 bits per heavy atom. The maximum absolute atomic E-state index is 12.2. The van der Waals surface area contributed by atoms with Crippen LogP contribution < -0.4 is 4.74 Å². The van der Waals surface area contributed by atoms with Crippen molar-refractivity contribution in [2.24, 2.45) is 0 Å². The van der Waals surface area contributed by atoms with Crippen molar-refractivity contribution in [3.05, 3.63) is 101 Å². The zero-order valence-corrected chi connectivity index (χ0v) is 21.0. The van der Waals surface area contributed by atoms with E-state index in [1.165, 1.54) is 39.0 Å². The molecule has 35 heavy (non-hydrogen) atoms. The second kappa shape index (κ2) is 9.26. The molecule has 1 fully saturated rings. The number of amides is 1. The van der Waals surface area contributed by atoms with Gasteiger partial charge in [-0.05, 0) is 86.1 Å². The quantitative estimate of drug-likeness (QED) is 0.419. The van der Waals surface area contributed by atoms with Crippen LogP contribution in [0.2, 0.25) is 0 Å². The first kappa shape index (κ1) is 23.2. The van der Waals surface area contributed by atoms with Crippen molar-refractivity contribution in [1.82, 2.24) is 4.90 Å². The van der Waals surface area contributed by atoms with Gasteiger partial charge in [-0.3, -0.25) is 0 Å². The van der Waals surface area contributed by atoms with Crippen LogP contribution in [0.15, 0.2) is 72.8 Å². The number of rotatable bonds is 4. The number of benzene rings is 3. The van der Waals surface area contributed by atoms with Crippen LogP contribution in [0.4, 0.5) is 4.79 Å². The molecule has 4 nitrogen and oxygen atoms in total. The molecule has 4 heteroatoms. The molecule has 1 aliphatic heterocycles. The van der Waals surface area contributed by atoms with Gasteiger partial charge in [0, 0.05) is 0 Å². The molecule has 0 unspecified atom stereocenters. The van der Waals surface area contributed by atoms with E-state index in [1.54, 1.807) is 4.90 Å². The highest BCUT2D eigenvalue weighted by Gasteiger charge is 2.35. The van der Waals surface area contributed by atoms with Gasteiger partial charge in [-0.1, -0.05) is 66.2 Å². The molecule has 1 heterocycles. The number of ether oxygens (including phenoxy) is 2. The van der Waals surface area contributed by atoms with Crippen molar-refractivity contribution in [3.63, 3.8) is 0 Å². The minimum Gasteiger partial charge on any atom is -0.487 e. The van der Waals surface area contributed by atoms with Gasteiger partial charge in [0.2, 0.25) is 0 Å². The van der Waals surface area contributed by atoms with Crippen LogP contribution in [0.3, 0.4) is 0 Å². The highest BCUT2D eigenvalue weighted by molar-refractivity contribution is 6.00. The summed E-state index contributed by atoms with van der Waals surface area (Å²) in [7, 11) is 0. The molecule has 3 aromatic rings. The van der Waals surface area contributed by atoms with Crippen LogP contribution in [-0.4, -0.2) is 35.8 Å². The summed E-state index contributed by atoms with van der Waals surface area (Å²) in [5.41, 5.74) is 8.74. The van der Waals surface area contributed by atoms with Crippen LogP contribution in [0.5, 0.6) is 5.75 Å². The summed E-state index contributed by atoms with van der Waals surface area (Å²) < 4.78 is 11.6. The van der Waals surface area contributed by atoms with E-state index in [-0.39, 0.29) is 12.2 Å². The minimum atomic E-state index is -0.484. The predicted octanol–water partition coefficient (Wildman–Crippen LogP) is 6.90. The normalized spacial score (nSPS) is 15.9. The topological polar surface area (TPSA) is 38.8 Å². The molecule has 0 spiro atoms. The first-order valence-electron chi connectivity index (χ1n) is 12.4. The van der Waals surface area contributed by atoms with E-state index >= 15 is 0 Å². The lowest BCUT2D eigenvalue weighted by Gasteiger charge is -2.39. The van der Waals surface area contributed by atoms with E-state index in [0.717, 1.165) is 18.6 Å². The van der Waals surface area contributed by atoms with Crippen molar-refractivity contribution >= 4 is 17.2 Å². The molecule has 1 saturated heterocycles. The minimum absolute atomic E-state index is 0.00848. The average molecular weight is 468 g/mol. The number of allylic oxidation sites excluding steroid dienone is 1. The molecule has 0 radical (unpaired) electrons. The molecule has 0 bridgehead atoms. The Balaban J connectivity index is 1.36. The highest BCUT2D eigenvalue weighted by Crippen LogP contribution is 2.41. The Morgan fingerprint density at radius 3 is 2.29 bits per heavy atom. The van der Waals surface area contributed by atoms with E-state index in [0.29, 0.717) is 13.1 Å². The van der Waals surface area contributed by atoms with E-state index in [9.17, 15) is 4.79 Å². The molecule has 5 rings (SSSR count). The number of aryl methyl sites for hydroxylation is 2. The third kappa shape index (κ3) is 5.12. The van der Waals surface area contributed by atoms with Gasteiger partial charge in [-0.2, -0.15) is 0 Å². The molecule has 0 atom stereocenters. The zero-order chi connectivity index (χ0) is 24.6. The summed E-state index contributed by atoms with van der Waals surface area (Å²) in [5.74, 6) is 0.824. The van der Waals surface area contributed by atoms with Gasteiger partial charge in [0.1, 0.15) is 17.5 Å². The van der Waals surface area contributed by atoms with Gasteiger partial charge in [-0.25, -0.2) is 4.79 Å². The van der Waals surface area contributed by atoms with Gasteiger partial charge in [-0.15, -0.1) is 0 Å². The summed E-state index contributed by atoms with van der Waals surface area (Å²) in [6.45, 7) is 8.90. The van der Waals surface area contributed by atoms with E-state index in [4.69, 9.17) is 9.47 Å². The van der Waals surface area contributed by atoms with Crippen molar-refractivity contribution < 1.29 is 14.3 Å². The monoisotopic (exact) mass is 467 g/mol. The molecule has 0 aromatic heterocycles. The second-order valence-corrected chi connectivity index (χ2v) is 10.5. The van der Waals surface area contributed by atoms with Gasteiger partial charge >= 0.3 is 6.09 Å². The fraction of sp³-hybridized carbons (Fsp3) is 0.323. The number of fused-ring (bicyclic) bond motifs is 1. The molecule has 1 amide bonds. The Labute approximate surface area is 208 Å². The van der Waals surface area contributed by atoms with Crippen LogP contribution in [0.1, 0.15) is 55.0 Å². The van der Waals surface area contributed by atoms with Crippen LogP contribution in [0, 0.1) is 6.92 Å². The van der Waals surface area contributed by atoms with E-state index in [2.05, 4.69) is 67.6 Å². The molecule has 1 aliphatic carbocycles. The lowest BCUT2D eigenvalue weighted by molar-refractivity contribution is -0.0221. The van der Waals surface area contributed by atoms with Crippen molar-refractivity contribution in [2.75, 3.05) is 13.1 Å². The predicted molar refractivity (Wildman–Crippen MR) is 141 cm³/mol. The first-order valence-corrected chi connectivity index (χ1v) is 12.4. The van der Waals surface area contributed by atoms with Crippen LogP contribution in [-0.2, 0) is 11.2 Å². The molecule has 2 aliphatic rings. The molecule has 3 aromatic carbocycles. The Kier molecular flexibility index (Phi) is 6.14. The number of hydrogen-bond acceptors (Lipinski definition) is 3. The number of hydrogen-bond donors (Lipinski definition) is 0. The largest absolute Gasteiger partial charge is 0.487 e. The summed E-state index contributed by atoms with van der Waals surface area (Å²) in [4.78, 5) is 13.9. The Morgan fingerprint density at radius 2 is 1.60 bits per heavy atom. The number of likely N-dealkylation sites (tertiary alicyclic amines) is 1. The molecule has 180 valence electrons. The van der Waals surface area contributed by atoms with Crippen LogP contribution >= 0.6 is 0 Å². The molecular weight excluding hydrogens is 434 g/mol. The summed E-state index contributed by atoms with van der Waals surface area (Å²) >= 11 is 0. The SMILES string of the molecule is Cc1ccc2c(c1)CCC(c1ccccc1)=C2c1ccc(OC2CN(C(=O)OC(C)(C)C)C2)cc1. The third-order valence-electron chi connectivity index (χ3n) is 6.54. The van der Waals surface area contributed by atoms with E-state index < -0.39 is 5.60 Å². The number of nitrogens with zero attached hydrogens (tertiary/aromatic N) is 1.